The van der Waals surface area contributed by atoms with Crippen molar-refractivity contribution in [2.45, 2.75) is 24.3 Å². The second-order valence-corrected chi connectivity index (χ2v) is 8.52. The molecule has 2 fully saturated rings. The Labute approximate surface area is 183 Å². The van der Waals surface area contributed by atoms with Crippen molar-refractivity contribution >= 4 is 40.3 Å². The molecular formula is C21H21N5O2S2. The van der Waals surface area contributed by atoms with Gasteiger partial charge in [-0.1, -0.05) is 24.3 Å². The van der Waals surface area contributed by atoms with Crippen molar-refractivity contribution < 1.29 is 9.47 Å². The lowest BCUT2D eigenvalue weighted by molar-refractivity contribution is 0.0689. The first-order valence-electron chi connectivity index (χ1n) is 9.75. The van der Waals surface area contributed by atoms with Crippen molar-refractivity contribution in [3.63, 3.8) is 0 Å². The van der Waals surface area contributed by atoms with E-state index in [9.17, 15) is 0 Å². The average Bonchev–Trinajstić information content (AvgIpc) is 3.50. The second-order valence-electron chi connectivity index (χ2n) is 7.16. The Morgan fingerprint density at radius 1 is 1.00 bits per heavy atom. The molecule has 9 heteroatoms. The van der Waals surface area contributed by atoms with E-state index in [1.807, 2.05) is 53.9 Å². The Hall–Kier alpha value is -2.59. The normalized spacial score (nSPS) is 24.9. The van der Waals surface area contributed by atoms with Crippen molar-refractivity contribution in [3.8, 4) is 10.6 Å². The van der Waals surface area contributed by atoms with E-state index in [0.29, 0.717) is 24.3 Å². The summed E-state index contributed by atoms with van der Waals surface area (Å²) in [6, 6.07) is 15.8. The molecule has 1 aromatic carbocycles. The lowest BCUT2D eigenvalue weighted by Gasteiger charge is -2.20. The van der Waals surface area contributed by atoms with Gasteiger partial charge in [-0.2, -0.15) is 0 Å². The van der Waals surface area contributed by atoms with Crippen molar-refractivity contribution in [2.75, 3.05) is 23.8 Å². The molecule has 3 aromatic rings. The quantitative estimate of drug-likeness (QED) is 0.523. The van der Waals surface area contributed by atoms with E-state index in [0.717, 1.165) is 16.3 Å². The highest BCUT2D eigenvalue weighted by atomic mass is 32.1. The van der Waals surface area contributed by atoms with E-state index in [-0.39, 0.29) is 24.3 Å². The first-order valence-corrected chi connectivity index (χ1v) is 11.0. The number of hydrogen-bond acceptors (Lipinski definition) is 7. The molecule has 0 radical (unpaired) electrons. The van der Waals surface area contributed by atoms with Gasteiger partial charge in [-0.3, -0.25) is 0 Å². The summed E-state index contributed by atoms with van der Waals surface area (Å²) in [5.74, 6) is 0.580. The van der Waals surface area contributed by atoms with Crippen LogP contribution in [0.1, 0.15) is 0 Å². The highest BCUT2D eigenvalue weighted by Crippen LogP contribution is 2.29. The summed E-state index contributed by atoms with van der Waals surface area (Å²) in [6.07, 6.45) is 1.60. The number of fused-ring (bicyclic) bond motifs is 1. The SMILES string of the molecule is S=C(Nc1ccccc1)NC1COC2C(Nc3nccc(-c4cccs4)n3)COC12. The Bertz CT molecular complexity index is 1000. The molecule has 30 heavy (non-hydrogen) atoms. The zero-order valence-corrected chi connectivity index (χ0v) is 17.7. The first kappa shape index (κ1) is 19.4. The monoisotopic (exact) mass is 439 g/mol. The highest BCUT2D eigenvalue weighted by molar-refractivity contribution is 7.80. The van der Waals surface area contributed by atoms with Crippen LogP contribution in [0.25, 0.3) is 10.6 Å². The summed E-state index contributed by atoms with van der Waals surface area (Å²) in [5.41, 5.74) is 1.85. The molecule has 2 aliphatic heterocycles. The number of aromatic nitrogens is 2. The van der Waals surface area contributed by atoms with Crippen LogP contribution in [0, 0.1) is 0 Å². The molecule has 0 aliphatic carbocycles. The molecule has 0 amide bonds. The topological polar surface area (TPSA) is 80.3 Å². The zero-order chi connectivity index (χ0) is 20.3. The predicted molar refractivity (Wildman–Crippen MR) is 122 cm³/mol. The van der Waals surface area contributed by atoms with Gasteiger partial charge in [0.2, 0.25) is 5.95 Å². The van der Waals surface area contributed by atoms with Crippen LogP contribution >= 0.6 is 23.6 Å². The second kappa shape index (κ2) is 8.65. The van der Waals surface area contributed by atoms with Gasteiger partial charge in [0.1, 0.15) is 12.2 Å². The minimum Gasteiger partial charge on any atom is -0.371 e. The lowest BCUT2D eigenvalue weighted by atomic mass is 10.1. The number of hydrogen-bond donors (Lipinski definition) is 3. The molecule has 0 spiro atoms. The van der Waals surface area contributed by atoms with Gasteiger partial charge in [0, 0.05) is 11.9 Å². The number of nitrogens with one attached hydrogen (secondary N) is 3. The predicted octanol–water partition coefficient (Wildman–Crippen LogP) is 3.14. The number of para-hydroxylation sites is 1. The number of anilines is 2. The molecule has 154 valence electrons. The average molecular weight is 440 g/mol. The van der Waals surface area contributed by atoms with Crippen LogP contribution < -0.4 is 16.0 Å². The summed E-state index contributed by atoms with van der Waals surface area (Å²) < 4.78 is 12.1. The fraction of sp³-hybridized carbons (Fsp3) is 0.286. The minimum absolute atomic E-state index is 0.0103. The standard InChI is InChI=1S/C21H21N5O2S2/c29-21(23-13-5-2-1-3-6-13)26-16-12-28-18-15(11-27-19(16)18)25-20-22-9-8-14(24-20)17-7-4-10-30-17/h1-10,15-16,18-19H,11-12H2,(H,22,24,25)(H2,23,26,29). The van der Waals surface area contributed by atoms with Gasteiger partial charge in [0.25, 0.3) is 0 Å². The van der Waals surface area contributed by atoms with E-state index in [2.05, 4.69) is 25.9 Å². The third-order valence-corrected chi connectivity index (χ3v) is 6.26. The molecule has 3 N–H and O–H groups in total. The van der Waals surface area contributed by atoms with Gasteiger partial charge in [-0.05, 0) is 41.9 Å². The van der Waals surface area contributed by atoms with E-state index < -0.39 is 0 Å². The third-order valence-electron chi connectivity index (χ3n) is 5.15. The smallest absolute Gasteiger partial charge is 0.223 e. The molecule has 5 rings (SSSR count). The number of benzene rings is 1. The molecule has 0 saturated carbocycles. The van der Waals surface area contributed by atoms with Gasteiger partial charge in [0.15, 0.2) is 5.11 Å². The highest BCUT2D eigenvalue weighted by Gasteiger charge is 2.48. The van der Waals surface area contributed by atoms with Crippen LogP contribution in [-0.2, 0) is 9.47 Å². The Morgan fingerprint density at radius 2 is 1.80 bits per heavy atom. The van der Waals surface area contributed by atoms with Crippen LogP contribution in [-0.4, -0.2) is 52.6 Å². The maximum atomic E-state index is 6.04. The molecule has 2 saturated heterocycles. The van der Waals surface area contributed by atoms with E-state index >= 15 is 0 Å². The Kier molecular flexibility index (Phi) is 5.58. The van der Waals surface area contributed by atoms with Crippen LogP contribution in [0.15, 0.2) is 60.1 Å². The minimum atomic E-state index is -0.0870. The van der Waals surface area contributed by atoms with Crippen molar-refractivity contribution in [1.82, 2.24) is 15.3 Å². The summed E-state index contributed by atoms with van der Waals surface area (Å²) in [5, 5.41) is 12.5. The van der Waals surface area contributed by atoms with E-state index in [1.54, 1.807) is 17.5 Å². The number of ether oxygens (including phenoxy) is 2. The molecular weight excluding hydrogens is 418 g/mol. The van der Waals surface area contributed by atoms with Crippen molar-refractivity contribution in [3.05, 3.63) is 60.1 Å². The number of thiocarbonyl (C=S) groups is 1. The largest absolute Gasteiger partial charge is 0.371 e. The molecule has 2 aliphatic rings. The molecule has 4 heterocycles. The summed E-state index contributed by atoms with van der Waals surface area (Å²) in [7, 11) is 0. The molecule has 4 unspecified atom stereocenters. The maximum absolute atomic E-state index is 6.04. The Morgan fingerprint density at radius 3 is 2.60 bits per heavy atom. The van der Waals surface area contributed by atoms with Crippen molar-refractivity contribution in [2.24, 2.45) is 0 Å². The number of rotatable bonds is 5. The van der Waals surface area contributed by atoms with Crippen LogP contribution in [0.2, 0.25) is 0 Å². The van der Waals surface area contributed by atoms with Gasteiger partial charge in [-0.15, -0.1) is 11.3 Å². The van der Waals surface area contributed by atoms with Crippen LogP contribution in [0.4, 0.5) is 11.6 Å². The molecule has 4 atom stereocenters. The van der Waals surface area contributed by atoms with Gasteiger partial charge < -0.3 is 25.4 Å². The number of nitrogens with zero attached hydrogens (tertiary/aromatic N) is 2. The maximum Gasteiger partial charge on any atom is 0.223 e. The van der Waals surface area contributed by atoms with Crippen LogP contribution in [0.5, 0.6) is 0 Å². The van der Waals surface area contributed by atoms with E-state index in [4.69, 9.17) is 21.7 Å². The van der Waals surface area contributed by atoms with Gasteiger partial charge in [-0.25, -0.2) is 9.97 Å². The first-order chi connectivity index (χ1) is 14.8. The summed E-state index contributed by atoms with van der Waals surface area (Å²) >= 11 is 7.11. The molecule has 2 aromatic heterocycles. The van der Waals surface area contributed by atoms with Crippen molar-refractivity contribution in [1.29, 1.82) is 0 Å². The number of thiophene rings is 1. The molecule has 7 nitrogen and oxygen atoms in total. The lowest BCUT2D eigenvalue weighted by Crippen LogP contribution is -2.46. The van der Waals surface area contributed by atoms with Crippen LogP contribution in [0.3, 0.4) is 0 Å². The third kappa shape index (κ3) is 4.15. The fourth-order valence-corrected chi connectivity index (χ4v) is 4.72. The molecule has 0 bridgehead atoms. The van der Waals surface area contributed by atoms with E-state index in [1.165, 1.54) is 0 Å². The Balaban J connectivity index is 1.20. The summed E-state index contributed by atoms with van der Waals surface area (Å²) in [4.78, 5) is 10.1. The zero-order valence-electron chi connectivity index (χ0n) is 16.0. The van der Waals surface area contributed by atoms with Gasteiger partial charge in [0.05, 0.1) is 35.9 Å². The summed E-state index contributed by atoms with van der Waals surface area (Å²) in [6.45, 7) is 1.05. The fourth-order valence-electron chi connectivity index (χ4n) is 3.76. The van der Waals surface area contributed by atoms with Gasteiger partial charge >= 0.3 is 0 Å².